The van der Waals surface area contributed by atoms with Crippen LogP contribution in [0.15, 0.2) is 6.07 Å². The molecule has 0 amide bonds. The van der Waals surface area contributed by atoms with Gasteiger partial charge in [-0.3, -0.25) is 0 Å². The lowest BCUT2D eigenvalue weighted by Crippen LogP contribution is -2.08. The maximum atomic E-state index is 5.89. The number of hydrogen-bond acceptors (Lipinski definition) is 4. The molecular formula is C10H15ClN2O2. The first-order valence-electron chi connectivity index (χ1n) is 4.68. The first kappa shape index (κ1) is 12.4. The molecule has 4 nitrogen and oxygen atoms in total. The average Bonchev–Trinajstić information content (AvgIpc) is 2.26. The van der Waals surface area contributed by atoms with Crippen molar-refractivity contribution >= 4 is 11.6 Å². The summed E-state index contributed by atoms with van der Waals surface area (Å²) in [6.45, 7) is 3.77. The monoisotopic (exact) mass is 230 g/mol. The highest BCUT2D eigenvalue weighted by molar-refractivity contribution is 6.29. The predicted octanol–water partition coefficient (Wildman–Crippen LogP) is 2.54. The Morgan fingerprint density at radius 2 is 1.73 bits per heavy atom. The first-order chi connectivity index (χ1) is 7.08. The fourth-order valence-electron chi connectivity index (χ4n) is 1.07. The van der Waals surface area contributed by atoms with E-state index in [1.165, 1.54) is 0 Å². The Bertz CT molecular complexity index is 305. The van der Waals surface area contributed by atoms with Crippen LogP contribution in [-0.2, 0) is 9.47 Å². The van der Waals surface area contributed by atoms with E-state index in [1.54, 1.807) is 20.3 Å². The molecule has 1 aromatic rings. The molecule has 0 spiro atoms. The Morgan fingerprint density at radius 1 is 1.13 bits per heavy atom. The molecule has 1 rings (SSSR count). The van der Waals surface area contributed by atoms with Crippen molar-refractivity contribution in [2.24, 2.45) is 0 Å². The lowest BCUT2D eigenvalue weighted by atomic mass is 10.2. The zero-order valence-electron chi connectivity index (χ0n) is 9.32. The van der Waals surface area contributed by atoms with Gasteiger partial charge in [0.25, 0.3) is 0 Å². The summed E-state index contributed by atoms with van der Waals surface area (Å²) in [6, 6.07) is 1.70. The smallest absolute Gasteiger partial charge is 0.158 e. The minimum atomic E-state index is -0.175. The second-order valence-corrected chi connectivity index (χ2v) is 3.62. The Kier molecular flexibility index (Phi) is 4.45. The summed E-state index contributed by atoms with van der Waals surface area (Å²) in [4.78, 5) is 8.42. The van der Waals surface area contributed by atoms with E-state index in [9.17, 15) is 0 Å². The highest BCUT2D eigenvalue weighted by Gasteiger charge is 2.13. The van der Waals surface area contributed by atoms with Crippen LogP contribution in [0, 0.1) is 0 Å². The average molecular weight is 231 g/mol. The van der Waals surface area contributed by atoms with E-state index in [0.29, 0.717) is 11.0 Å². The third-order valence-electron chi connectivity index (χ3n) is 2.22. The van der Waals surface area contributed by atoms with Crippen molar-refractivity contribution in [3.05, 3.63) is 22.7 Å². The zero-order valence-corrected chi connectivity index (χ0v) is 10.1. The number of rotatable bonds is 4. The van der Waals surface area contributed by atoms with Crippen LogP contribution in [0.4, 0.5) is 0 Å². The molecule has 84 valence electrons. The normalized spacial score (nSPS) is 15.0. The second kappa shape index (κ2) is 5.39. The number of nitrogens with zero attached hydrogens (tertiary/aromatic N) is 2. The molecule has 0 unspecified atom stereocenters. The van der Waals surface area contributed by atoms with E-state index in [2.05, 4.69) is 9.97 Å². The van der Waals surface area contributed by atoms with Gasteiger partial charge in [0.2, 0.25) is 0 Å². The van der Waals surface area contributed by atoms with Gasteiger partial charge in [0, 0.05) is 14.2 Å². The quantitative estimate of drug-likeness (QED) is 0.746. The molecule has 1 aromatic heterocycles. The molecule has 0 N–H and O–H groups in total. The fraction of sp³-hybridized carbons (Fsp3) is 0.600. The number of ether oxygens (including phenoxy) is 2. The molecule has 0 aromatic carbocycles. The first-order valence-corrected chi connectivity index (χ1v) is 5.06. The summed E-state index contributed by atoms with van der Waals surface area (Å²) >= 11 is 5.89. The van der Waals surface area contributed by atoms with Crippen LogP contribution in [0.1, 0.15) is 37.6 Å². The van der Waals surface area contributed by atoms with Crippen LogP contribution in [0.25, 0.3) is 0 Å². The van der Waals surface area contributed by atoms with E-state index >= 15 is 0 Å². The number of hydrogen-bond donors (Lipinski definition) is 0. The molecule has 0 bridgehead atoms. The van der Waals surface area contributed by atoms with Gasteiger partial charge in [-0.15, -0.1) is 0 Å². The maximum absolute atomic E-state index is 5.89. The summed E-state index contributed by atoms with van der Waals surface area (Å²) < 4.78 is 10.3. The topological polar surface area (TPSA) is 44.2 Å². The van der Waals surface area contributed by atoms with Gasteiger partial charge >= 0.3 is 0 Å². The van der Waals surface area contributed by atoms with Crippen LogP contribution in [0.5, 0.6) is 0 Å². The minimum Gasteiger partial charge on any atom is -0.375 e. The Hall–Kier alpha value is -0.710. The minimum absolute atomic E-state index is 0.103. The Balaban J connectivity index is 3.04. The fourth-order valence-corrected chi connectivity index (χ4v) is 1.27. The van der Waals surface area contributed by atoms with Gasteiger partial charge in [-0.05, 0) is 19.9 Å². The largest absolute Gasteiger partial charge is 0.375 e. The molecule has 0 aliphatic rings. The van der Waals surface area contributed by atoms with Crippen molar-refractivity contribution in [1.29, 1.82) is 0 Å². The molecule has 5 heteroatoms. The van der Waals surface area contributed by atoms with Gasteiger partial charge in [0.15, 0.2) is 5.82 Å². The third kappa shape index (κ3) is 3.12. The van der Waals surface area contributed by atoms with Crippen LogP contribution in [0.2, 0.25) is 5.15 Å². The van der Waals surface area contributed by atoms with Crippen molar-refractivity contribution in [3.8, 4) is 0 Å². The second-order valence-electron chi connectivity index (χ2n) is 3.23. The van der Waals surface area contributed by atoms with E-state index in [4.69, 9.17) is 21.1 Å². The van der Waals surface area contributed by atoms with Crippen molar-refractivity contribution in [2.75, 3.05) is 14.2 Å². The third-order valence-corrected chi connectivity index (χ3v) is 2.41. The molecule has 0 saturated heterocycles. The predicted molar refractivity (Wildman–Crippen MR) is 57.9 cm³/mol. The van der Waals surface area contributed by atoms with Crippen LogP contribution in [-0.4, -0.2) is 24.2 Å². The van der Waals surface area contributed by atoms with E-state index in [1.807, 2.05) is 13.8 Å². The van der Waals surface area contributed by atoms with E-state index in [-0.39, 0.29) is 12.2 Å². The molecule has 1 heterocycles. The maximum Gasteiger partial charge on any atom is 0.158 e. The molecule has 0 saturated carbocycles. The number of aromatic nitrogens is 2. The van der Waals surface area contributed by atoms with Gasteiger partial charge in [-0.2, -0.15) is 0 Å². The highest BCUT2D eigenvalue weighted by Crippen LogP contribution is 2.20. The van der Waals surface area contributed by atoms with E-state index in [0.717, 1.165) is 5.69 Å². The standard InChI is InChI=1S/C10H15ClN2O2/c1-6(14-3)8-5-9(11)13-10(12-8)7(2)15-4/h5-7H,1-4H3/t6-,7+/m0/s1. The van der Waals surface area contributed by atoms with Gasteiger partial charge in [-0.25, -0.2) is 9.97 Å². The zero-order chi connectivity index (χ0) is 11.4. The Morgan fingerprint density at radius 3 is 2.27 bits per heavy atom. The van der Waals surface area contributed by atoms with Gasteiger partial charge in [0.05, 0.1) is 11.8 Å². The molecule has 2 atom stereocenters. The molecule has 0 fully saturated rings. The van der Waals surface area contributed by atoms with Gasteiger partial charge < -0.3 is 9.47 Å². The summed E-state index contributed by atoms with van der Waals surface area (Å²) in [5.74, 6) is 0.573. The molecular weight excluding hydrogens is 216 g/mol. The lowest BCUT2D eigenvalue weighted by Gasteiger charge is -2.13. The molecule has 0 aliphatic carbocycles. The summed E-state index contributed by atoms with van der Waals surface area (Å²) in [5, 5.41) is 0.405. The van der Waals surface area contributed by atoms with Crippen molar-refractivity contribution in [1.82, 2.24) is 9.97 Å². The van der Waals surface area contributed by atoms with E-state index < -0.39 is 0 Å². The number of halogens is 1. The van der Waals surface area contributed by atoms with Crippen LogP contribution in [0.3, 0.4) is 0 Å². The molecule has 0 aliphatic heterocycles. The molecule has 15 heavy (non-hydrogen) atoms. The summed E-state index contributed by atoms with van der Waals surface area (Å²) in [6.07, 6.45) is -0.278. The van der Waals surface area contributed by atoms with Gasteiger partial charge in [0.1, 0.15) is 11.3 Å². The Labute approximate surface area is 94.6 Å². The summed E-state index contributed by atoms with van der Waals surface area (Å²) in [7, 11) is 3.23. The lowest BCUT2D eigenvalue weighted by molar-refractivity contribution is 0.104. The number of methoxy groups -OCH3 is 2. The van der Waals surface area contributed by atoms with Crippen molar-refractivity contribution in [3.63, 3.8) is 0 Å². The van der Waals surface area contributed by atoms with Crippen LogP contribution >= 0.6 is 11.6 Å². The molecule has 0 radical (unpaired) electrons. The highest BCUT2D eigenvalue weighted by atomic mass is 35.5. The van der Waals surface area contributed by atoms with Gasteiger partial charge in [-0.1, -0.05) is 11.6 Å². The van der Waals surface area contributed by atoms with Crippen molar-refractivity contribution < 1.29 is 9.47 Å². The SMILES string of the molecule is CO[C@@H](C)c1cc(Cl)nc([C@@H](C)OC)n1. The van der Waals surface area contributed by atoms with Crippen LogP contribution < -0.4 is 0 Å². The van der Waals surface area contributed by atoms with Crippen molar-refractivity contribution in [2.45, 2.75) is 26.1 Å². The summed E-state index contributed by atoms with van der Waals surface area (Å²) in [5.41, 5.74) is 0.761.